The molecule has 0 aliphatic heterocycles. The first-order chi connectivity index (χ1) is 10.7. The summed E-state index contributed by atoms with van der Waals surface area (Å²) in [4.78, 5) is 8.29. The first-order valence-corrected chi connectivity index (χ1v) is 7.05. The molecular formula is C18H16N2O2. The summed E-state index contributed by atoms with van der Waals surface area (Å²) in [5, 5.41) is 20.1. The number of aliphatic hydroxyl groups excluding tert-OH is 2. The molecule has 3 rings (SSSR count). The van der Waals surface area contributed by atoms with Crippen LogP contribution in [0, 0.1) is 0 Å². The number of allylic oxidation sites excluding steroid dienone is 4. The van der Waals surface area contributed by atoms with Gasteiger partial charge in [-0.1, -0.05) is 42.5 Å². The molecule has 1 heterocycles. The van der Waals surface area contributed by atoms with Crippen LogP contribution in [0.2, 0.25) is 0 Å². The quantitative estimate of drug-likeness (QED) is 0.910. The number of aliphatic hydroxyl groups is 2. The number of benzene rings is 1. The molecule has 1 atom stereocenters. The zero-order chi connectivity index (χ0) is 15.4. The zero-order valence-corrected chi connectivity index (χ0v) is 11.9. The predicted octanol–water partition coefficient (Wildman–Crippen LogP) is 3.44. The van der Waals surface area contributed by atoms with Crippen LogP contribution in [-0.4, -0.2) is 20.9 Å². The zero-order valence-electron chi connectivity index (χ0n) is 11.9. The Morgan fingerprint density at radius 1 is 1.00 bits per heavy atom. The fourth-order valence-electron chi connectivity index (χ4n) is 2.31. The van der Waals surface area contributed by atoms with E-state index in [2.05, 4.69) is 9.98 Å². The molecule has 4 nitrogen and oxygen atoms in total. The van der Waals surface area contributed by atoms with Crippen LogP contribution in [0.1, 0.15) is 23.9 Å². The summed E-state index contributed by atoms with van der Waals surface area (Å²) in [6.45, 7) is 0. The Morgan fingerprint density at radius 2 is 1.77 bits per heavy atom. The highest BCUT2D eigenvalue weighted by Crippen LogP contribution is 2.26. The molecular weight excluding hydrogens is 276 g/mol. The minimum atomic E-state index is -1.08. The largest absolute Gasteiger partial charge is 0.506 e. The third kappa shape index (κ3) is 3.13. The maximum Gasteiger partial charge on any atom is 0.188 e. The molecule has 2 N–H and O–H groups in total. The van der Waals surface area contributed by atoms with Crippen LogP contribution in [0.5, 0.6) is 0 Å². The molecule has 22 heavy (non-hydrogen) atoms. The highest BCUT2D eigenvalue weighted by Gasteiger charge is 2.17. The van der Waals surface area contributed by atoms with Gasteiger partial charge in [0.1, 0.15) is 5.76 Å². The molecule has 0 amide bonds. The van der Waals surface area contributed by atoms with Gasteiger partial charge in [0.2, 0.25) is 0 Å². The Balaban J connectivity index is 1.85. The van der Waals surface area contributed by atoms with Crippen LogP contribution < -0.4 is 0 Å². The van der Waals surface area contributed by atoms with Crippen molar-refractivity contribution >= 4 is 11.3 Å². The van der Waals surface area contributed by atoms with E-state index in [4.69, 9.17) is 0 Å². The molecule has 0 bridgehead atoms. The van der Waals surface area contributed by atoms with E-state index >= 15 is 0 Å². The second kappa shape index (κ2) is 6.37. The fourth-order valence-corrected chi connectivity index (χ4v) is 2.31. The van der Waals surface area contributed by atoms with Gasteiger partial charge in [-0.15, -0.1) is 0 Å². The monoisotopic (exact) mass is 292 g/mol. The second-order valence-electron chi connectivity index (χ2n) is 4.99. The summed E-state index contributed by atoms with van der Waals surface area (Å²) in [7, 11) is 0. The van der Waals surface area contributed by atoms with Crippen LogP contribution in [0.3, 0.4) is 0 Å². The smallest absolute Gasteiger partial charge is 0.188 e. The van der Waals surface area contributed by atoms with Gasteiger partial charge in [-0.05, 0) is 29.3 Å². The maximum atomic E-state index is 10.1. The van der Waals surface area contributed by atoms with Gasteiger partial charge in [-0.3, -0.25) is 4.98 Å². The first-order valence-electron chi connectivity index (χ1n) is 7.05. The van der Waals surface area contributed by atoms with Gasteiger partial charge in [-0.25, -0.2) is 4.99 Å². The van der Waals surface area contributed by atoms with Crippen LogP contribution in [0.15, 0.2) is 77.6 Å². The van der Waals surface area contributed by atoms with Crippen LogP contribution in [-0.2, 0) is 0 Å². The number of nitrogens with zero attached hydrogens (tertiary/aromatic N) is 2. The highest BCUT2D eigenvalue weighted by molar-refractivity contribution is 6.06. The van der Waals surface area contributed by atoms with E-state index in [-0.39, 0.29) is 5.76 Å². The molecule has 1 aliphatic rings. The standard InChI is InChI=1S/C18H16N2O2/c21-17-10-9-14(13-6-2-1-3-7-13)12-16(17)20-18(22)15-8-4-5-11-19-15/h1-11,18,21-22H,12H2. The van der Waals surface area contributed by atoms with E-state index in [1.54, 1.807) is 30.5 Å². The summed E-state index contributed by atoms with van der Waals surface area (Å²) in [6.07, 6.45) is 4.47. The summed E-state index contributed by atoms with van der Waals surface area (Å²) in [6, 6.07) is 15.2. The molecule has 2 aromatic rings. The minimum Gasteiger partial charge on any atom is -0.506 e. The third-order valence-electron chi connectivity index (χ3n) is 3.47. The summed E-state index contributed by atoms with van der Waals surface area (Å²) in [5.41, 5.74) is 3.04. The van der Waals surface area contributed by atoms with Gasteiger partial charge in [0.25, 0.3) is 0 Å². The average Bonchev–Trinajstić information content (AvgIpc) is 2.58. The fraction of sp³-hybridized carbons (Fsp3) is 0.111. The predicted molar refractivity (Wildman–Crippen MR) is 86.4 cm³/mol. The van der Waals surface area contributed by atoms with Crippen molar-refractivity contribution in [3.63, 3.8) is 0 Å². The number of hydrogen-bond acceptors (Lipinski definition) is 4. The van der Waals surface area contributed by atoms with Crippen molar-refractivity contribution in [3.05, 3.63) is 83.9 Å². The van der Waals surface area contributed by atoms with Gasteiger partial charge >= 0.3 is 0 Å². The van der Waals surface area contributed by atoms with Gasteiger partial charge in [-0.2, -0.15) is 0 Å². The Hall–Kier alpha value is -2.72. The molecule has 0 spiro atoms. The summed E-state index contributed by atoms with van der Waals surface area (Å²) < 4.78 is 0. The van der Waals surface area contributed by atoms with Crippen molar-refractivity contribution in [1.29, 1.82) is 0 Å². The van der Waals surface area contributed by atoms with Crippen LogP contribution in [0.25, 0.3) is 5.57 Å². The topological polar surface area (TPSA) is 65.7 Å². The van der Waals surface area contributed by atoms with Crippen molar-refractivity contribution in [2.24, 2.45) is 4.99 Å². The summed E-state index contributed by atoms with van der Waals surface area (Å²) >= 11 is 0. The first kappa shape index (κ1) is 14.2. The third-order valence-corrected chi connectivity index (χ3v) is 3.47. The lowest BCUT2D eigenvalue weighted by Crippen LogP contribution is -2.10. The number of pyridine rings is 1. The van der Waals surface area contributed by atoms with Crippen molar-refractivity contribution in [1.82, 2.24) is 4.98 Å². The van der Waals surface area contributed by atoms with E-state index in [0.717, 1.165) is 11.1 Å². The van der Waals surface area contributed by atoms with Gasteiger partial charge in [0.15, 0.2) is 6.23 Å². The average molecular weight is 292 g/mol. The lowest BCUT2D eigenvalue weighted by atomic mass is 9.95. The SMILES string of the molecule is OC1=CC=C(c2ccccc2)CC1=NC(O)c1ccccn1. The Bertz CT molecular complexity index is 734. The van der Waals surface area contributed by atoms with Crippen LogP contribution >= 0.6 is 0 Å². The minimum absolute atomic E-state index is 0.0784. The molecule has 0 fully saturated rings. The number of aliphatic imine (C=N–C) groups is 1. The van der Waals surface area contributed by atoms with Gasteiger partial charge in [0, 0.05) is 12.6 Å². The molecule has 1 aromatic heterocycles. The van der Waals surface area contributed by atoms with Crippen molar-refractivity contribution in [2.45, 2.75) is 12.6 Å². The van der Waals surface area contributed by atoms with Gasteiger partial charge in [0.05, 0.1) is 11.4 Å². The number of hydrogen-bond donors (Lipinski definition) is 2. The Kier molecular flexibility index (Phi) is 4.12. The summed E-state index contributed by atoms with van der Waals surface area (Å²) in [5.74, 6) is 0.0784. The highest BCUT2D eigenvalue weighted by atomic mass is 16.3. The molecule has 0 radical (unpaired) electrons. The van der Waals surface area contributed by atoms with Crippen LogP contribution in [0.4, 0.5) is 0 Å². The van der Waals surface area contributed by atoms with E-state index in [1.165, 1.54) is 0 Å². The molecule has 110 valence electrons. The van der Waals surface area contributed by atoms with E-state index in [9.17, 15) is 10.2 Å². The van der Waals surface area contributed by atoms with Crippen molar-refractivity contribution in [2.75, 3.05) is 0 Å². The normalized spacial score (nSPS) is 17.8. The molecule has 1 aromatic carbocycles. The Labute approximate surface area is 128 Å². The lowest BCUT2D eigenvalue weighted by Gasteiger charge is -2.15. The van der Waals surface area contributed by atoms with Gasteiger partial charge < -0.3 is 10.2 Å². The maximum absolute atomic E-state index is 10.1. The van der Waals surface area contributed by atoms with E-state index in [1.807, 2.05) is 36.4 Å². The molecule has 0 saturated carbocycles. The number of aromatic nitrogens is 1. The van der Waals surface area contributed by atoms with Crippen molar-refractivity contribution < 1.29 is 10.2 Å². The molecule has 1 aliphatic carbocycles. The molecule has 4 heteroatoms. The van der Waals surface area contributed by atoms with E-state index in [0.29, 0.717) is 17.8 Å². The second-order valence-corrected chi connectivity index (χ2v) is 4.99. The Morgan fingerprint density at radius 3 is 2.50 bits per heavy atom. The molecule has 1 unspecified atom stereocenters. The van der Waals surface area contributed by atoms with E-state index < -0.39 is 6.23 Å². The molecule has 0 saturated heterocycles. The lowest BCUT2D eigenvalue weighted by molar-refractivity contribution is 0.183. The number of rotatable bonds is 3. The van der Waals surface area contributed by atoms with Crippen molar-refractivity contribution in [3.8, 4) is 0 Å².